The molecule has 0 saturated carbocycles. The Bertz CT molecular complexity index is 895. The normalized spacial score (nSPS) is 10.1. The van der Waals surface area contributed by atoms with Gasteiger partial charge >= 0.3 is 5.97 Å². The number of hydrogen-bond acceptors (Lipinski definition) is 7. The number of nitrogens with zero attached hydrogens (tertiary/aromatic N) is 2. The van der Waals surface area contributed by atoms with Gasteiger partial charge in [-0.05, 0) is 36.4 Å². The van der Waals surface area contributed by atoms with E-state index in [1.165, 1.54) is 42.3 Å². The Morgan fingerprint density at radius 1 is 1.20 bits per heavy atom. The first-order valence-electron chi connectivity index (χ1n) is 7.11. The summed E-state index contributed by atoms with van der Waals surface area (Å²) in [6.07, 6.45) is 1.52. The smallest absolute Gasteiger partial charge is 0.339 e. The van der Waals surface area contributed by atoms with Gasteiger partial charge in [0.15, 0.2) is 12.4 Å². The number of thioether (sulfide) groups is 1. The van der Waals surface area contributed by atoms with Crippen LogP contribution in [0.15, 0.2) is 56.7 Å². The van der Waals surface area contributed by atoms with Crippen LogP contribution in [0.25, 0.3) is 11.7 Å². The third-order valence-electron chi connectivity index (χ3n) is 2.89. The highest BCUT2D eigenvalue weighted by Crippen LogP contribution is 2.22. The lowest BCUT2D eigenvalue weighted by Gasteiger charge is -2.00. The Kier molecular flexibility index (Phi) is 5.49. The number of ether oxygens (including phenoxy) is 1. The van der Waals surface area contributed by atoms with Gasteiger partial charge in [-0.2, -0.15) is 0 Å². The van der Waals surface area contributed by atoms with Crippen molar-refractivity contribution in [2.45, 2.75) is 5.22 Å². The van der Waals surface area contributed by atoms with Crippen LogP contribution >= 0.6 is 11.8 Å². The van der Waals surface area contributed by atoms with Crippen molar-refractivity contribution in [2.75, 3.05) is 12.4 Å². The van der Waals surface area contributed by atoms with E-state index < -0.39 is 11.8 Å². The number of hydrogen-bond donors (Lipinski definition) is 0. The van der Waals surface area contributed by atoms with Gasteiger partial charge in [0.2, 0.25) is 0 Å². The zero-order valence-corrected chi connectivity index (χ0v) is 13.6. The number of esters is 1. The molecule has 3 aromatic rings. The molecule has 0 spiro atoms. The number of halogens is 1. The van der Waals surface area contributed by atoms with Gasteiger partial charge < -0.3 is 13.6 Å². The standard InChI is InChI=1S/C17H11FN2O4S/c18-13-7-5-12(6-8-13)16(21)23-9-1-2-11-25-17-20-19-15(24-17)14-4-3-10-22-14/h3-8,10H,9,11H2. The topological polar surface area (TPSA) is 78.4 Å². The SMILES string of the molecule is O=C(OCC#CCSc1nnc(-c2ccco2)o1)c1ccc(F)cc1. The van der Waals surface area contributed by atoms with Gasteiger partial charge in [0.05, 0.1) is 17.6 Å². The number of carbonyl (C=O) groups is 1. The van der Waals surface area contributed by atoms with E-state index in [2.05, 4.69) is 22.0 Å². The fourth-order valence-corrected chi connectivity index (χ4v) is 2.27. The maximum absolute atomic E-state index is 12.8. The van der Waals surface area contributed by atoms with E-state index in [1.807, 2.05) is 0 Å². The van der Waals surface area contributed by atoms with E-state index in [9.17, 15) is 9.18 Å². The van der Waals surface area contributed by atoms with Gasteiger partial charge in [0.1, 0.15) is 5.82 Å². The second-order valence-electron chi connectivity index (χ2n) is 4.58. The molecule has 2 aromatic heterocycles. The van der Waals surface area contributed by atoms with Crippen LogP contribution in [0, 0.1) is 17.7 Å². The van der Waals surface area contributed by atoms with Crippen LogP contribution in [0.3, 0.4) is 0 Å². The lowest BCUT2D eigenvalue weighted by molar-refractivity contribution is 0.0556. The van der Waals surface area contributed by atoms with Gasteiger partial charge in [-0.1, -0.05) is 23.6 Å². The fraction of sp³-hybridized carbons (Fsp3) is 0.118. The summed E-state index contributed by atoms with van der Waals surface area (Å²) in [6, 6.07) is 8.54. The maximum atomic E-state index is 12.8. The van der Waals surface area contributed by atoms with Crippen LogP contribution in [-0.2, 0) is 4.74 Å². The zero-order chi connectivity index (χ0) is 17.5. The van der Waals surface area contributed by atoms with Crippen LogP contribution in [0.5, 0.6) is 0 Å². The lowest BCUT2D eigenvalue weighted by atomic mass is 10.2. The molecule has 25 heavy (non-hydrogen) atoms. The number of rotatable bonds is 5. The maximum Gasteiger partial charge on any atom is 0.339 e. The molecule has 0 bridgehead atoms. The van der Waals surface area contributed by atoms with Crippen molar-refractivity contribution in [3.63, 3.8) is 0 Å². The molecule has 0 aliphatic rings. The zero-order valence-electron chi connectivity index (χ0n) is 12.8. The molecule has 6 nitrogen and oxygen atoms in total. The Morgan fingerprint density at radius 3 is 2.80 bits per heavy atom. The molecular weight excluding hydrogens is 347 g/mol. The van der Waals surface area contributed by atoms with Crippen molar-refractivity contribution >= 4 is 17.7 Å². The molecule has 1 aromatic carbocycles. The minimum atomic E-state index is -0.554. The van der Waals surface area contributed by atoms with Crippen LogP contribution < -0.4 is 0 Å². The molecule has 3 rings (SSSR count). The molecule has 8 heteroatoms. The highest BCUT2D eigenvalue weighted by molar-refractivity contribution is 7.99. The predicted molar refractivity (Wildman–Crippen MR) is 87.2 cm³/mol. The molecular formula is C17H11FN2O4S. The van der Waals surface area contributed by atoms with E-state index in [0.717, 1.165) is 0 Å². The summed E-state index contributed by atoms with van der Waals surface area (Å²) in [5.74, 6) is 5.75. The van der Waals surface area contributed by atoms with Crippen LogP contribution in [0.1, 0.15) is 10.4 Å². The minimum Gasteiger partial charge on any atom is -0.459 e. The summed E-state index contributed by atoms with van der Waals surface area (Å²) in [7, 11) is 0. The van der Waals surface area contributed by atoms with Gasteiger partial charge in [0.25, 0.3) is 11.1 Å². The summed E-state index contributed by atoms with van der Waals surface area (Å²) in [6.45, 7) is -0.0573. The molecule has 0 aliphatic heterocycles. The number of furan rings is 1. The van der Waals surface area contributed by atoms with Gasteiger partial charge in [-0.25, -0.2) is 9.18 Å². The predicted octanol–water partition coefficient (Wildman–Crippen LogP) is 3.42. The number of benzene rings is 1. The highest BCUT2D eigenvalue weighted by atomic mass is 32.2. The van der Waals surface area contributed by atoms with Gasteiger partial charge in [0, 0.05) is 0 Å². The first-order valence-corrected chi connectivity index (χ1v) is 8.09. The Hall–Kier alpha value is -3.05. The molecule has 0 radical (unpaired) electrons. The Morgan fingerprint density at radius 2 is 2.04 bits per heavy atom. The molecule has 0 unspecified atom stereocenters. The van der Waals surface area contributed by atoms with E-state index in [-0.39, 0.29) is 12.2 Å². The number of carbonyl (C=O) groups excluding carboxylic acids is 1. The summed E-state index contributed by atoms with van der Waals surface area (Å²) in [4.78, 5) is 11.7. The largest absolute Gasteiger partial charge is 0.459 e. The fourth-order valence-electron chi connectivity index (χ4n) is 1.74. The molecule has 0 atom stereocenters. The quantitative estimate of drug-likeness (QED) is 0.393. The summed E-state index contributed by atoms with van der Waals surface area (Å²) < 4.78 is 28.3. The second-order valence-corrected chi connectivity index (χ2v) is 5.50. The van der Waals surface area contributed by atoms with Crippen molar-refractivity contribution in [3.05, 3.63) is 54.0 Å². The van der Waals surface area contributed by atoms with Crippen molar-refractivity contribution in [3.8, 4) is 23.5 Å². The lowest BCUT2D eigenvalue weighted by Crippen LogP contribution is -2.05. The minimum absolute atomic E-state index is 0.0573. The van der Waals surface area contributed by atoms with Crippen molar-refractivity contribution < 1.29 is 22.8 Å². The molecule has 126 valence electrons. The average Bonchev–Trinajstić information content (AvgIpc) is 3.29. The van der Waals surface area contributed by atoms with E-state index >= 15 is 0 Å². The third kappa shape index (κ3) is 4.71. The van der Waals surface area contributed by atoms with Gasteiger partial charge in [-0.15, -0.1) is 10.2 Å². The highest BCUT2D eigenvalue weighted by Gasteiger charge is 2.10. The first kappa shape index (κ1) is 16.8. The van der Waals surface area contributed by atoms with E-state index in [4.69, 9.17) is 13.6 Å². The first-order chi connectivity index (χ1) is 12.2. The average molecular weight is 358 g/mol. The molecule has 2 heterocycles. The summed E-state index contributed by atoms with van der Waals surface area (Å²) in [5, 5.41) is 8.09. The van der Waals surface area contributed by atoms with Crippen molar-refractivity contribution in [2.24, 2.45) is 0 Å². The van der Waals surface area contributed by atoms with Crippen molar-refractivity contribution in [1.82, 2.24) is 10.2 Å². The molecule has 0 saturated heterocycles. The van der Waals surface area contributed by atoms with Crippen molar-refractivity contribution in [1.29, 1.82) is 0 Å². The molecule has 0 N–H and O–H groups in total. The Labute approximate surface area is 146 Å². The monoisotopic (exact) mass is 358 g/mol. The molecule has 0 amide bonds. The van der Waals surface area contributed by atoms with Crippen LogP contribution in [0.4, 0.5) is 4.39 Å². The number of aromatic nitrogens is 2. The summed E-state index contributed by atoms with van der Waals surface area (Å²) in [5.41, 5.74) is 0.272. The molecule has 0 aliphatic carbocycles. The van der Waals surface area contributed by atoms with Gasteiger partial charge in [-0.3, -0.25) is 0 Å². The molecule has 0 fully saturated rings. The van der Waals surface area contributed by atoms with E-state index in [0.29, 0.717) is 22.6 Å². The van der Waals surface area contributed by atoms with Crippen LogP contribution in [-0.4, -0.2) is 28.5 Å². The van der Waals surface area contributed by atoms with Crippen LogP contribution in [0.2, 0.25) is 0 Å². The third-order valence-corrected chi connectivity index (χ3v) is 3.59. The Balaban J connectivity index is 1.41. The summed E-state index contributed by atoms with van der Waals surface area (Å²) >= 11 is 1.26. The van der Waals surface area contributed by atoms with E-state index in [1.54, 1.807) is 12.1 Å². The second kappa shape index (κ2) is 8.17.